The molecule has 1 aromatic heterocycles. The summed E-state index contributed by atoms with van der Waals surface area (Å²) in [6.45, 7) is 10.2. The van der Waals surface area contributed by atoms with Gasteiger partial charge in [0.15, 0.2) is 0 Å². The lowest BCUT2D eigenvalue weighted by atomic mass is 10.0. The van der Waals surface area contributed by atoms with Crippen LogP contribution in [-0.4, -0.2) is 47.4 Å². The molecule has 5 nitrogen and oxygen atoms in total. The van der Waals surface area contributed by atoms with Crippen molar-refractivity contribution in [2.24, 2.45) is 0 Å². The van der Waals surface area contributed by atoms with Crippen LogP contribution in [0, 0.1) is 25.2 Å². The standard InChI is InChI=1S/C15H21N3O2/c1-11-9-13(12(2)20-11)14(19)17-5-7-18(8-6-17)15(3,4)10-16/h9H,5-8H2,1-4H3. The van der Waals surface area contributed by atoms with Crippen molar-refractivity contribution in [2.75, 3.05) is 26.2 Å². The van der Waals surface area contributed by atoms with E-state index in [2.05, 4.69) is 11.0 Å². The van der Waals surface area contributed by atoms with E-state index >= 15 is 0 Å². The van der Waals surface area contributed by atoms with E-state index in [1.165, 1.54) is 0 Å². The lowest BCUT2D eigenvalue weighted by molar-refractivity contribution is 0.0519. The minimum atomic E-state index is -0.475. The summed E-state index contributed by atoms with van der Waals surface area (Å²) in [4.78, 5) is 16.4. The van der Waals surface area contributed by atoms with Crippen molar-refractivity contribution in [3.8, 4) is 6.07 Å². The number of furan rings is 1. The highest BCUT2D eigenvalue weighted by atomic mass is 16.3. The Morgan fingerprint density at radius 1 is 1.30 bits per heavy atom. The lowest BCUT2D eigenvalue weighted by Crippen LogP contribution is -2.55. The highest BCUT2D eigenvalue weighted by Gasteiger charge is 2.32. The Labute approximate surface area is 119 Å². The molecular weight excluding hydrogens is 254 g/mol. The summed E-state index contributed by atoms with van der Waals surface area (Å²) in [6.07, 6.45) is 0. The average Bonchev–Trinajstić information content (AvgIpc) is 2.77. The molecule has 0 aromatic carbocycles. The maximum absolute atomic E-state index is 12.4. The Morgan fingerprint density at radius 3 is 2.35 bits per heavy atom. The van der Waals surface area contributed by atoms with Gasteiger partial charge < -0.3 is 9.32 Å². The number of hydrogen-bond acceptors (Lipinski definition) is 4. The number of aryl methyl sites for hydroxylation is 2. The van der Waals surface area contributed by atoms with Crippen LogP contribution in [0.3, 0.4) is 0 Å². The first-order chi connectivity index (χ1) is 9.35. The van der Waals surface area contributed by atoms with Crippen molar-refractivity contribution in [3.05, 3.63) is 23.2 Å². The van der Waals surface area contributed by atoms with Gasteiger partial charge in [-0.2, -0.15) is 5.26 Å². The highest BCUT2D eigenvalue weighted by Crippen LogP contribution is 2.20. The zero-order chi connectivity index (χ0) is 14.9. The summed E-state index contributed by atoms with van der Waals surface area (Å²) >= 11 is 0. The van der Waals surface area contributed by atoms with E-state index in [9.17, 15) is 4.79 Å². The van der Waals surface area contributed by atoms with Gasteiger partial charge in [-0.25, -0.2) is 0 Å². The molecule has 1 saturated heterocycles. The monoisotopic (exact) mass is 275 g/mol. The maximum atomic E-state index is 12.4. The van der Waals surface area contributed by atoms with Gasteiger partial charge in [0.05, 0.1) is 11.6 Å². The van der Waals surface area contributed by atoms with E-state index in [0.29, 0.717) is 24.4 Å². The molecule has 0 spiro atoms. The van der Waals surface area contributed by atoms with Gasteiger partial charge in [0.2, 0.25) is 0 Å². The highest BCUT2D eigenvalue weighted by molar-refractivity contribution is 5.95. The molecular formula is C15H21N3O2. The third-order valence-corrected chi connectivity index (χ3v) is 3.90. The molecule has 0 N–H and O–H groups in total. The van der Waals surface area contributed by atoms with E-state index in [1.807, 2.05) is 32.6 Å². The second-order valence-corrected chi connectivity index (χ2v) is 5.78. The van der Waals surface area contributed by atoms with Crippen molar-refractivity contribution in [1.29, 1.82) is 5.26 Å². The molecule has 2 rings (SSSR count). The van der Waals surface area contributed by atoms with Crippen LogP contribution in [0.5, 0.6) is 0 Å². The molecule has 0 atom stereocenters. The largest absolute Gasteiger partial charge is 0.466 e. The summed E-state index contributed by atoms with van der Waals surface area (Å²) in [5.74, 6) is 1.45. The van der Waals surface area contributed by atoms with Crippen molar-refractivity contribution in [1.82, 2.24) is 9.80 Å². The predicted octanol–water partition coefficient (Wildman–Crippen LogP) is 1.96. The van der Waals surface area contributed by atoms with E-state index in [0.717, 1.165) is 18.8 Å². The van der Waals surface area contributed by atoms with Crippen LogP contribution in [0.15, 0.2) is 10.5 Å². The zero-order valence-electron chi connectivity index (χ0n) is 12.6. The SMILES string of the molecule is Cc1cc(C(=O)N2CCN(C(C)(C)C#N)CC2)c(C)o1. The molecule has 0 radical (unpaired) electrons. The van der Waals surface area contributed by atoms with Gasteiger partial charge in [-0.15, -0.1) is 0 Å². The van der Waals surface area contributed by atoms with Crippen molar-refractivity contribution >= 4 is 5.91 Å². The Balaban J connectivity index is 2.03. The summed E-state index contributed by atoms with van der Waals surface area (Å²) < 4.78 is 5.42. The molecule has 1 aliphatic rings. The maximum Gasteiger partial charge on any atom is 0.257 e. The van der Waals surface area contributed by atoms with Gasteiger partial charge in [-0.05, 0) is 33.8 Å². The van der Waals surface area contributed by atoms with Gasteiger partial charge >= 0.3 is 0 Å². The fraction of sp³-hybridized carbons (Fsp3) is 0.600. The number of nitrogens with zero attached hydrogens (tertiary/aromatic N) is 3. The molecule has 0 unspecified atom stereocenters. The molecule has 0 aliphatic carbocycles. The van der Waals surface area contributed by atoms with Crippen molar-refractivity contribution in [2.45, 2.75) is 33.2 Å². The third kappa shape index (κ3) is 2.70. The average molecular weight is 275 g/mol. The van der Waals surface area contributed by atoms with Crippen LogP contribution in [-0.2, 0) is 0 Å². The Bertz CT molecular complexity index is 546. The number of piperazine rings is 1. The molecule has 20 heavy (non-hydrogen) atoms. The van der Waals surface area contributed by atoms with Gasteiger partial charge in [-0.3, -0.25) is 9.69 Å². The molecule has 108 valence electrons. The fourth-order valence-corrected chi connectivity index (χ4v) is 2.55. The number of carbonyl (C=O) groups is 1. The van der Waals surface area contributed by atoms with E-state index < -0.39 is 5.54 Å². The lowest BCUT2D eigenvalue weighted by Gasteiger charge is -2.40. The molecule has 0 bridgehead atoms. The summed E-state index contributed by atoms with van der Waals surface area (Å²) in [5, 5.41) is 9.15. The predicted molar refractivity (Wildman–Crippen MR) is 75.4 cm³/mol. The molecule has 1 fully saturated rings. The van der Waals surface area contributed by atoms with Gasteiger partial charge in [-0.1, -0.05) is 0 Å². The summed E-state index contributed by atoms with van der Waals surface area (Å²) in [7, 11) is 0. The van der Waals surface area contributed by atoms with Crippen LogP contribution < -0.4 is 0 Å². The third-order valence-electron chi connectivity index (χ3n) is 3.90. The molecule has 0 saturated carbocycles. The Hall–Kier alpha value is -1.80. The van der Waals surface area contributed by atoms with E-state index in [-0.39, 0.29) is 5.91 Å². The fourth-order valence-electron chi connectivity index (χ4n) is 2.55. The number of nitriles is 1. The Kier molecular flexibility index (Phi) is 3.87. The van der Waals surface area contributed by atoms with E-state index in [4.69, 9.17) is 9.68 Å². The molecule has 1 aliphatic heterocycles. The second kappa shape index (κ2) is 5.29. The number of rotatable bonds is 2. The number of amides is 1. The Morgan fingerprint density at radius 2 is 1.90 bits per heavy atom. The summed E-state index contributed by atoms with van der Waals surface area (Å²) in [6, 6.07) is 4.10. The van der Waals surface area contributed by atoms with Crippen molar-refractivity contribution in [3.63, 3.8) is 0 Å². The van der Waals surface area contributed by atoms with Crippen LogP contribution >= 0.6 is 0 Å². The minimum Gasteiger partial charge on any atom is -0.466 e. The first-order valence-corrected chi connectivity index (χ1v) is 6.88. The number of hydrogen-bond donors (Lipinski definition) is 0. The zero-order valence-corrected chi connectivity index (χ0v) is 12.6. The molecule has 1 amide bonds. The van der Waals surface area contributed by atoms with E-state index in [1.54, 1.807) is 6.07 Å². The van der Waals surface area contributed by atoms with Crippen LogP contribution in [0.2, 0.25) is 0 Å². The van der Waals surface area contributed by atoms with Gasteiger partial charge in [0.25, 0.3) is 5.91 Å². The van der Waals surface area contributed by atoms with Crippen LogP contribution in [0.25, 0.3) is 0 Å². The minimum absolute atomic E-state index is 0.0220. The van der Waals surface area contributed by atoms with Crippen molar-refractivity contribution < 1.29 is 9.21 Å². The van der Waals surface area contributed by atoms with Crippen LogP contribution in [0.1, 0.15) is 35.7 Å². The number of carbonyl (C=O) groups excluding carboxylic acids is 1. The quantitative estimate of drug-likeness (QED) is 0.827. The molecule has 5 heteroatoms. The first-order valence-electron chi connectivity index (χ1n) is 6.88. The summed E-state index contributed by atoms with van der Waals surface area (Å²) in [5.41, 5.74) is 0.174. The first kappa shape index (κ1) is 14.6. The van der Waals surface area contributed by atoms with Gasteiger partial charge in [0.1, 0.15) is 17.1 Å². The molecule has 2 heterocycles. The topological polar surface area (TPSA) is 60.5 Å². The van der Waals surface area contributed by atoms with Gasteiger partial charge in [0, 0.05) is 26.2 Å². The second-order valence-electron chi connectivity index (χ2n) is 5.78. The van der Waals surface area contributed by atoms with Crippen LogP contribution in [0.4, 0.5) is 0 Å². The molecule has 1 aromatic rings. The normalized spacial score (nSPS) is 17.1. The smallest absolute Gasteiger partial charge is 0.257 e.